The van der Waals surface area contributed by atoms with Crippen LogP contribution in [-0.4, -0.2) is 53.9 Å². The summed E-state index contributed by atoms with van der Waals surface area (Å²) >= 11 is 0. The predicted octanol–water partition coefficient (Wildman–Crippen LogP) is 1.23. The van der Waals surface area contributed by atoms with E-state index in [4.69, 9.17) is 0 Å². The number of hydrogen-bond donors (Lipinski definition) is 0. The third kappa shape index (κ3) is 8.48. The molecule has 88 valence electrons. The molecule has 0 spiro atoms. The lowest BCUT2D eigenvalue weighted by Crippen LogP contribution is -2.17. The zero-order chi connectivity index (χ0) is 11.7. The molecule has 0 aliphatic carbocycles. The minimum absolute atomic E-state index is 0.153. The Morgan fingerprint density at radius 2 is 2.13 bits per heavy atom. The van der Waals surface area contributed by atoms with Crippen LogP contribution in [0, 0.1) is 0 Å². The molecule has 2 unspecified atom stereocenters. The van der Waals surface area contributed by atoms with Gasteiger partial charge >= 0.3 is 0 Å². The summed E-state index contributed by atoms with van der Waals surface area (Å²) in [5.74, 6) is 0. The maximum atomic E-state index is 11.3. The first-order valence-corrected chi connectivity index (χ1v) is 6.78. The topological polar surface area (TPSA) is 45.0 Å². The highest BCUT2D eigenvalue weighted by Gasteiger charge is 2.10. The van der Waals surface area contributed by atoms with Gasteiger partial charge in [-0.3, -0.25) is 4.21 Å². The van der Waals surface area contributed by atoms with Crippen LogP contribution in [0.3, 0.4) is 0 Å². The molecule has 0 rings (SSSR count). The minimum Gasteiger partial charge on any atom is -0.309 e. The number of rotatable bonds is 7. The molecule has 4 nitrogen and oxygen atoms in total. The minimum atomic E-state index is -0.929. The van der Waals surface area contributed by atoms with Gasteiger partial charge in [-0.2, -0.15) is 0 Å². The average Bonchev–Trinajstić information content (AvgIpc) is 2.15. The molecule has 0 aliphatic heterocycles. The molecule has 0 saturated carbocycles. The van der Waals surface area contributed by atoms with Crippen molar-refractivity contribution in [3.05, 3.63) is 0 Å². The van der Waals surface area contributed by atoms with Crippen LogP contribution in [0.1, 0.15) is 19.8 Å². The van der Waals surface area contributed by atoms with Gasteiger partial charge < -0.3 is 4.90 Å². The van der Waals surface area contributed by atoms with Crippen molar-refractivity contribution >= 4 is 16.8 Å². The van der Waals surface area contributed by atoms with E-state index in [2.05, 4.69) is 20.9 Å². The Hall–Kier alpha value is -0.510. The first kappa shape index (κ1) is 14.5. The average molecular weight is 231 g/mol. The number of hydrogen-bond acceptors (Lipinski definition) is 4. The molecule has 0 aliphatic rings. The van der Waals surface area contributed by atoms with Crippen molar-refractivity contribution in [1.82, 2.24) is 4.90 Å². The van der Waals surface area contributed by atoms with Crippen LogP contribution in [-0.2, 0) is 10.8 Å². The van der Waals surface area contributed by atoms with Gasteiger partial charge in [0, 0.05) is 23.6 Å². The van der Waals surface area contributed by atoms with Crippen LogP contribution < -0.4 is 0 Å². The predicted molar refractivity (Wildman–Crippen MR) is 66.0 cm³/mol. The molecule has 0 fully saturated rings. The lowest BCUT2D eigenvalue weighted by atomic mass is 10.3. The Bertz CT molecular complexity index is 247. The van der Waals surface area contributed by atoms with Gasteiger partial charge in [-0.05, 0) is 40.4 Å². The molecule has 0 N–H and O–H groups in total. The fraction of sp³-hybridized carbons (Fsp3) is 0.900. The molecule has 0 heterocycles. The Kier molecular flexibility index (Phi) is 8.47. The van der Waals surface area contributed by atoms with Crippen molar-refractivity contribution in [3.63, 3.8) is 0 Å². The molecular weight excluding hydrogens is 210 g/mol. The van der Waals surface area contributed by atoms with E-state index in [-0.39, 0.29) is 5.37 Å². The van der Waals surface area contributed by atoms with E-state index in [1.807, 2.05) is 21.0 Å². The standard InChI is InChI=1S/C10H21N3OS/c1-5-11-9-12-10(15(4)14)7-6-8-13(2)3/h10H,5-8H2,1-4H3. The quantitative estimate of drug-likeness (QED) is 0.619. The number of nitrogens with zero attached hydrogens (tertiary/aromatic N) is 3. The second-order valence-corrected chi connectivity index (χ2v) is 5.14. The normalized spacial score (nSPS) is 14.5. The highest BCUT2D eigenvalue weighted by Crippen LogP contribution is 2.05. The maximum Gasteiger partial charge on any atom is 0.135 e. The highest BCUT2D eigenvalue weighted by molar-refractivity contribution is 7.84. The van der Waals surface area contributed by atoms with E-state index >= 15 is 0 Å². The maximum absolute atomic E-state index is 11.3. The van der Waals surface area contributed by atoms with E-state index < -0.39 is 10.8 Å². The number of aliphatic imine (C=N–C) groups is 2. The van der Waals surface area contributed by atoms with Crippen molar-refractivity contribution in [2.24, 2.45) is 9.98 Å². The van der Waals surface area contributed by atoms with Gasteiger partial charge in [-0.25, -0.2) is 9.98 Å². The lowest BCUT2D eigenvalue weighted by molar-refractivity contribution is 0.393. The molecular formula is C10H21N3OS. The molecule has 15 heavy (non-hydrogen) atoms. The van der Waals surface area contributed by atoms with Crippen LogP contribution in [0.2, 0.25) is 0 Å². The summed E-state index contributed by atoms with van der Waals surface area (Å²) in [7, 11) is 3.13. The molecule has 0 bridgehead atoms. The van der Waals surface area contributed by atoms with Gasteiger partial charge in [-0.15, -0.1) is 0 Å². The van der Waals surface area contributed by atoms with Gasteiger partial charge in [0.15, 0.2) is 0 Å². The first-order chi connectivity index (χ1) is 7.07. The Morgan fingerprint density at radius 3 is 2.60 bits per heavy atom. The van der Waals surface area contributed by atoms with Gasteiger partial charge in [0.05, 0.1) is 6.01 Å². The molecule has 0 amide bonds. The summed E-state index contributed by atoms with van der Waals surface area (Å²) in [6, 6.07) is 2.60. The van der Waals surface area contributed by atoms with Crippen LogP contribution in [0.5, 0.6) is 0 Å². The van der Waals surface area contributed by atoms with E-state index in [1.54, 1.807) is 6.26 Å². The van der Waals surface area contributed by atoms with Crippen molar-refractivity contribution in [1.29, 1.82) is 0 Å². The van der Waals surface area contributed by atoms with Gasteiger partial charge in [0.1, 0.15) is 5.37 Å². The molecule has 0 radical (unpaired) electrons. The van der Waals surface area contributed by atoms with Crippen molar-refractivity contribution in [2.45, 2.75) is 25.1 Å². The second-order valence-electron chi connectivity index (χ2n) is 3.60. The zero-order valence-electron chi connectivity index (χ0n) is 10.1. The van der Waals surface area contributed by atoms with Crippen LogP contribution >= 0.6 is 0 Å². The Morgan fingerprint density at radius 1 is 1.47 bits per heavy atom. The van der Waals surface area contributed by atoms with Crippen molar-refractivity contribution < 1.29 is 4.21 Å². The van der Waals surface area contributed by atoms with E-state index in [1.165, 1.54) is 0 Å². The fourth-order valence-corrected chi connectivity index (χ4v) is 1.76. The van der Waals surface area contributed by atoms with E-state index in [9.17, 15) is 4.21 Å². The molecule has 2 atom stereocenters. The van der Waals surface area contributed by atoms with Crippen LogP contribution in [0.25, 0.3) is 0 Å². The van der Waals surface area contributed by atoms with Crippen molar-refractivity contribution in [3.8, 4) is 0 Å². The summed E-state index contributed by atoms with van der Waals surface area (Å²) in [5, 5.41) is -0.153. The first-order valence-electron chi connectivity index (χ1n) is 5.16. The molecule has 0 aromatic heterocycles. The summed E-state index contributed by atoms with van der Waals surface area (Å²) in [4.78, 5) is 10.1. The van der Waals surface area contributed by atoms with Crippen LogP contribution in [0.4, 0.5) is 0 Å². The third-order valence-corrected chi connectivity index (χ3v) is 2.98. The molecule has 0 aromatic rings. The highest BCUT2D eigenvalue weighted by atomic mass is 32.2. The summed E-state index contributed by atoms with van der Waals surface area (Å²) in [6.45, 7) is 3.59. The molecule has 0 aromatic carbocycles. The summed E-state index contributed by atoms with van der Waals surface area (Å²) < 4.78 is 11.3. The monoisotopic (exact) mass is 231 g/mol. The largest absolute Gasteiger partial charge is 0.309 e. The van der Waals surface area contributed by atoms with Crippen LogP contribution in [0.15, 0.2) is 9.98 Å². The fourth-order valence-electron chi connectivity index (χ4n) is 1.06. The second kappa shape index (κ2) is 8.77. The van der Waals surface area contributed by atoms with Crippen molar-refractivity contribution in [2.75, 3.05) is 33.4 Å². The SMILES string of the molecule is CCN=C=NC(CCCN(C)C)S(C)=O. The van der Waals surface area contributed by atoms with E-state index in [0.717, 1.165) is 19.4 Å². The van der Waals surface area contributed by atoms with E-state index in [0.29, 0.717) is 6.54 Å². The Labute approximate surface area is 94.9 Å². The Balaban J connectivity index is 4.06. The van der Waals surface area contributed by atoms with Gasteiger partial charge in [0.2, 0.25) is 0 Å². The lowest BCUT2D eigenvalue weighted by Gasteiger charge is -2.11. The third-order valence-electron chi connectivity index (χ3n) is 1.87. The molecule has 5 heteroatoms. The molecule has 0 saturated heterocycles. The van der Waals surface area contributed by atoms with Gasteiger partial charge in [0.25, 0.3) is 0 Å². The zero-order valence-corrected chi connectivity index (χ0v) is 10.9. The van der Waals surface area contributed by atoms with Gasteiger partial charge in [-0.1, -0.05) is 0 Å². The summed E-state index contributed by atoms with van der Waals surface area (Å²) in [6.07, 6.45) is 3.50. The summed E-state index contributed by atoms with van der Waals surface area (Å²) in [5.41, 5.74) is 0. The smallest absolute Gasteiger partial charge is 0.135 e.